The SMILES string of the molecule is C=CCOC1=CCC(O)(OC)CC1. The van der Waals surface area contributed by atoms with Crippen molar-refractivity contribution in [2.24, 2.45) is 0 Å². The molecule has 1 atom stereocenters. The lowest BCUT2D eigenvalue weighted by Crippen LogP contribution is -2.32. The molecule has 3 nitrogen and oxygen atoms in total. The first-order valence-electron chi connectivity index (χ1n) is 4.40. The summed E-state index contributed by atoms with van der Waals surface area (Å²) in [5.41, 5.74) is 0. The fraction of sp³-hybridized carbons (Fsp3) is 0.600. The van der Waals surface area contributed by atoms with Gasteiger partial charge in [-0.15, -0.1) is 0 Å². The molecular weight excluding hydrogens is 168 g/mol. The lowest BCUT2D eigenvalue weighted by atomic mass is 9.99. The molecule has 13 heavy (non-hydrogen) atoms. The summed E-state index contributed by atoms with van der Waals surface area (Å²) < 4.78 is 10.3. The predicted octanol–water partition coefficient (Wildman–Crippen LogP) is 1.59. The van der Waals surface area contributed by atoms with Gasteiger partial charge >= 0.3 is 0 Å². The Kier molecular flexibility index (Phi) is 3.51. The molecule has 1 N–H and O–H groups in total. The van der Waals surface area contributed by atoms with Crippen LogP contribution in [0.2, 0.25) is 0 Å². The van der Waals surface area contributed by atoms with Crippen LogP contribution in [0.5, 0.6) is 0 Å². The van der Waals surface area contributed by atoms with Crippen molar-refractivity contribution in [3.63, 3.8) is 0 Å². The molecule has 0 aromatic rings. The fourth-order valence-electron chi connectivity index (χ4n) is 1.28. The van der Waals surface area contributed by atoms with E-state index < -0.39 is 5.79 Å². The monoisotopic (exact) mass is 184 g/mol. The summed E-state index contributed by atoms with van der Waals surface area (Å²) in [5, 5.41) is 9.68. The summed E-state index contributed by atoms with van der Waals surface area (Å²) in [6.07, 6.45) is 5.38. The number of hydrogen-bond donors (Lipinski definition) is 1. The Morgan fingerprint density at radius 3 is 3.00 bits per heavy atom. The minimum absolute atomic E-state index is 0.496. The second kappa shape index (κ2) is 4.44. The van der Waals surface area contributed by atoms with Gasteiger partial charge in [-0.1, -0.05) is 12.7 Å². The van der Waals surface area contributed by atoms with E-state index >= 15 is 0 Å². The maximum Gasteiger partial charge on any atom is 0.169 e. The standard InChI is InChI=1S/C10H16O3/c1-3-8-13-9-4-6-10(11,12-2)7-5-9/h3-4,11H,1,5-8H2,2H3. The van der Waals surface area contributed by atoms with Crippen molar-refractivity contribution in [3.05, 3.63) is 24.5 Å². The summed E-state index contributed by atoms with van der Waals surface area (Å²) in [6.45, 7) is 4.09. The molecule has 0 aromatic carbocycles. The van der Waals surface area contributed by atoms with Gasteiger partial charge in [0.15, 0.2) is 5.79 Å². The first-order valence-corrected chi connectivity index (χ1v) is 4.40. The molecule has 3 heteroatoms. The largest absolute Gasteiger partial charge is 0.494 e. The maximum absolute atomic E-state index is 9.68. The minimum Gasteiger partial charge on any atom is -0.494 e. The van der Waals surface area contributed by atoms with Gasteiger partial charge in [0.1, 0.15) is 6.61 Å². The van der Waals surface area contributed by atoms with Gasteiger partial charge in [-0.3, -0.25) is 0 Å². The zero-order chi connectivity index (χ0) is 9.73. The van der Waals surface area contributed by atoms with Crippen LogP contribution in [0.15, 0.2) is 24.5 Å². The molecule has 0 saturated carbocycles. The summed E-state index contributed by atoms with van der Waals surface area (Å²) in [7, 11) is 1.52. The number of aliphatic hydroxyl groups is 1. The van der Waals surface area contributed by atoms with E-state index in [4.69, 9.17) is 9.47 Å². The molecule has 1 aliphatic rings. The van der Waals surface area contributed by atoms with Crippen molar-refractivity contribution < 1.29 is 14.6 Å². The quantitative estimate of drug-likeness (QED) is 0.532. The third-order valence-electron chi connectivity index (χ3n) is 2.18. The maximum atomic E-state index is 9.68. The molecule has 1 unspecified atom stereocenters. The molecule has 74 valence electrons. The number of allylic oxidation sites excluding steroid dienone is 1. The average molecular weight is 184 g/mol. The van der Waals surface area contributed by atoms with Gasteiger partial charge in [0.2, 0.25) is 0 Å². The Hall–Kier alpha value is -0.800. The molecule has 0 fully saturated rings. The topological polar surface area (TPSA) is 38.7 Å². The highest BCUT2D eigenvalue weighted by molar-refractivity contribution is 5.02. The van der Waals surface area contributed by atoms with Crippen LogP contribution in [0, 0.1) is 0 Å². The molecule has 0 amide bonds. The third-order valence-corrected chi connectivity index (χ3v) is 2.18. The second-order valence-electron chi connectivity index (χ2n) is 3.12. The fourth-order valence-corrected chi connectivity index (χ4v) is 1.28. The van der Waals surface area contributed by atoms with Crippen LogP contribution in [0.1, 0.15) is 19.3 Å². The molecule has 1 rings (SSSR count). The molecule has 0 saturated heterocycles. The third kappa shape index (κ3) is 2.86. The van der Waals surface area contributed by atoms with Gasteiger partial charge in [0, 0.05) is 26.4 Å². The molecule has 0 aromatic heterocycles. The van der Waals surface area contributed by atoms with E-state index in [9.17, 15) is 5.11 Å². The summed E-state index contributed by atoms with van der Waals surface area (Å²) in [4.78, 5) is 0. The Morgan fingerprint density at radius 2 is 2.54 bits per heavy atom. The van der Waals surface area contributed by atoms with E-state index in [1.807, 2.05) is 6.08 Å². The van der Waals surface area contributed by atoms with E-state index in [1.165, 1.54) is 7.11 Å². The van der Waals surface area contributed by atoms with E-state index in [0.29, 0.717) is 19.4 Å². The number of hydrogen-bond acceptors (Lipinski definition) is 3. The van der Waals surface area contributed by atoms with Gasteiger partial charge in [0.25, 0.3) is 0 Å². The molecule has 0 bridgehead atoms. The number of ether oxygens (including phenoxy) is 2. The number of rotatable bonds is 4. The van der Waals surface area contributed by atoms with Crippen molar-refractivity contribution in [2.45, 2.75) is 25.0 Å². The average Bonchev–Trinajstić information content (AvgIpc) is 2.17. The molecule has 0 radical (unpaired) electrons. The van der Waals surface area contributed by atoms with Crippen LogP contribution in [-0.4, -0.2) is 24.6 Å². The van der Waals surface area contributed by atoms with Crippen LogP contribution in [0.3, 0.4) is 0 Å². The summed E-state index contributed by atoms with van der Waals surface area (Å²) in [6, 6.07) is 0. The minimum atomic E-state index is -0.985. The van der Waals surface area contributed by atoms with Crippen LogP contribution in [-0.2, 0) is 9.47 Å². The molecule has 0 aliphatic heterocycles. The van der Waals surface area contributed by atoms with E-state index in [-0.39, 0.29) is 0 Å². The van der Waals surface area contributed by atoms with Crippen molar-refractivity contribution in [2.75, 3.05) is 13.7 Å². The van der Waals surface area contributed by atoms with Crippen LogP contribution in [0.25, 0.3) is 0 Å². The Labute approximate surface area is 78.7 Å². The van der Waals surface area contributed by atoms with E-state index in [1.54, 1.807) is 6.08 Å². The first-order chi connectivity index (χ1) is 6.20. The zero-order valence-corrected chi connectivity index (χ0v) is 7.95. The van der Waals surface area contributed by atoms with Crippen molar-refractivity contribution >= 4 is 0 Å². The van der Waals surface area contributed by atoms with Gasteiger partial charge in [-0.2, -0.15) is 0 Å². The highest BCUT2D eigenvalue weighted by Gasteiger charge is 2.29. The van der Waals surface area contributed by atoms with Gasteiger partial charge in [0.05, 0.1) is 5.76 Å². The van der Waals surface area contributed by atoms with Gasteiger partial charge in [-0.25, -0.2) is 0 Å². The normalized spacial score (nSPS) is 28.0. The van der Waals surface area contributed by atoms with Gasteiger partial charge < -0.3 is 14.6 Å². The lowest BCUT2D eigenvalue weighted by Gasteiger charge is -2.29. The second-order valence-corrected chi connectivity index (χ2v) is 3.12. The number of methoxy groups -OCH3 is 1. The van der Waals surface area contributed by atoms with Crippen LogP contribution >= 0.6 is 0 Å². The smallest absolute Gasteiger partial charge is 0.169 e. The van der Waals surface area contributed by atoms with Crippen molar-refractivity contribution in [1.82, 2.24) is 0 Å². The zero-order valence-electron chi connectivity index (χ0n) is 7.95. The molecular formula is C10H16O3. The van der Waals surface area contributed by atoms with Crippen LogP contribution < -0.4 is 0 Å². The Balaban J connectivity index is 2.42. The van der Waals surface area contributed by atoms with Gasteiger partial charge in [-0.05, 0) is 6.08 Å². The highest BCUT2D eigenvalue weighted by Crippen LogP contribution is 2.28. The summed E-state index contributed by atoms with van der Waals surface area (Å²) in [5.74, 6) is -0.0669. The first kappa shape index (κ1) is 10.3. The summed E-state index contributed by atoms with van der Waals surface area (Å²) >= 11 is 0. The van der Waals surface area contributed by atoms with E-state index in [0.717, 1.165) is 12.2 Å². The lowest BCUT2D eigenvalue weighted by molar-refractivity contribution is -0.190. The highest BCUT2D eigenvalue weighted by atomic mass is 16.6. The van der Waals surface area contributed by atoms with Crippen molar-refractivity contribution in [3.8, 4) is 0 Å². The van der Waals surface area contributed by atoms with Crippen LogP contribution in [0.4, 0.5) is 0 Å². The van der Waals surface area contributed by atoms with Crippen molar-refractivity contribution in [1.29, 1.82) is 0 Å². The Morgan fingerprint density at radius 1 is 1.77 bits per heavy atom. The predicted molar refractivity (Wildman–Crippen MR) is 50.0 cm³/mol. The molecule has 0 heterocycles. The van der Waals surface area contributed by atoms with E-state index in [2.05, 4.69) is 6.58 Å². The molecule has 0 spiro atoms. The molecule has 1 aliphatic carbocycles. The Bertz CT molecular complexity index is 210.